The van der Waals surface area contributed by atoms with Crippen LogP contribution in [0.25, 0.3) is 0 Å². The summed E-state index contributed by atoms with van der Waals surface area (Å²) in [6.45, 7) is 5.99. The van der Waals surface area contributed by atoms with Crippen LogP contribution in [0, 0.1) is 0 Å². The number of amides is 2. The van der Waals surface area contributed by atoms with Crippen LogP contribution in [0.15, 0.2) is 53.9 Å². The van der Waals surface area contributed by atoms with E-state index in [4.69, 9.17) is 14.2 Å². The van der Waals surface area contributed by atoms with Crippen LogP contribution in [0.1, 0.15) is 58.5 Å². The summed E-state index contributed by atoms with van der Waals surface area (Å²) in [6, 6.07) is 14.8. The second-order valence-corrected chi connectivity index (χ2v) is 10.4. The molecule has 1 N–H and O–H groups in total. The number of para-hydroxylation sites is 2. The quantitative estimate of drug-likeness (QED) is 0.492. The number of hydrogen-bond donors (Lipinski definition) is 1. The van der Waals surface area contributed by atoms with E-state index in [-0.39, 0.29) is 29.9 Å². The maximum Gasteiger partial charge on any atom is 0.270 e. The van der Waals surface area contributed by atoms with Gasteiger partial charge in [0, 0.05) is 30.0 Å². The SMILES string of the molecule is CC(C)Oc1ccc(C(=O)N2CCC(c3nc(C(=O)NCC4COc5ccccc5O4)cs3)CC2)cc1. The molecule has 1 fully saturated rings. The van der Waals surface area contributed by atoms with Crippen molar-refractivity contribution < 1.29 is 23.8 Å². The summed E-state index contributed by atoms with van der Waals surface area (Å²) < 4.78 is 17.3. The van der Waals surface area contributed by atoms with Gasteiger partial charge in [0.15, 0.2) is 11.5 Å². The number of rotatable bonds is 7. The molecule has 3 heterocycles. The molecule has 194 valence electrons. The van der Waals surface area contributed by atoms with Crippen LogP contribution in [0.3, 0.4) is 0 Å². The van der Waals surface area contributed by atoms with Gasteiger partial charge in [-0.3, -0.25) is 9.59 Å². The van der Waals surface area contributed by atoms with Crippen LogP contribution in [-0.4, -0.2) is 60.1 Å². The van der Waals surface area contributed by atoms with Crippen LogP contribution in [-0.2, 0) is 0 Å². The summed E-state index contributed by atoms with van der Waals surface area (Å²) in [6.07, 6.45) is 1.48. The molecule has 37 heavy (non-hydrogen) atoms. The van der Waals surface area contributed by atoms with Gasteiger partial charge in [0.1, 0.15) is 24.2 Å². The highest BCUT2D eigenvalue weighted by Crippen LogP contribution is 2.32. The van der Waals surface area contributed by atoms with Gasteiger partial charge in [-0.05, 0) is 63.1 Å². The molecule has 2 amide bonds. The van der Waals surface area contributed by atoms with E-state index in [1.165, 1.54) is 11.3 Å². The van der Waals surface area contributed by atoms with Crippen LogP contribution in [0.4, 0.5) is 0 Å². The van der Waals surface area contributed by atoms with Crippen molar-refractivity contribution in [3.05, 3.63) is 70.2 Å². The molecule has 0 bridgehead atoms. The van der Waals surface area contributed by atoms with E-state index in [1.54, 1.807) is 5.38 Å². The lowest BCUT2D eigenvalue weighted by Gasteiger charge is -2.31. The third-order valence-electron chi connectivity index (χ3n) is 6.42. The third kappa shape index (κ3) is 6.05. The fraction of sp³-hybridized carbons (Fsp3) is 0.393. The summed E-state index contributed by atoms with van der Waals surface area (Å²) in [4.78, 5) is 32.1. The van der Waals surface area contributed by atoms with Crippen molar-refractivity contribution in [3.63, 3.8) is 0 Å². The Bertz CT molecular complexity index is 1230. The van der Waals surface area contributed by atoms with E-state index in [2.05, 4.69) is 10.3 Å². The van der Waals surface area contributed by atoms with E-state index in [0.29, 0.717) is 43.2 Å². The maximum absolute atomic E-state index is 12.9. The number of carbonyl (C=O) groups excluding carboxylic acids is 2. The highest BCUT2D eigenvalue weighted by Gasteiger charge is 2.27. The number of hydrogen-bond acceptors (Lipinski definition) is 7. The lowest BCUT2D eigenvalue weighted by molar-refractivity contribution is 0.0713. The summed E-state index contributed by atoms with van der Waals surface area (Å²) in [5.41, 5.74) is 1.08. The summed E-state index contributed by atoms with van der Waals surface area (Å²) >= 11 is 1.50. The van der Waals surface area contributed by atoms with Crippen molar-refractivity contribution in [1.29, 1.82) is 0 Å². The van der Waals surface area contributed by atoms with Crippen molar-refractivity contribution in [1.82, 2.24) is 15.2 Å². The first kappa shape index (κ1) is 25.1. The van der Waals surface area contributed by atoms with E-state index >= 15 is 0 Å². The molecule has 8 nitrogen and oxygen atoms in total. The van der Waals surface area contributed by atoms with Crippen molar-refractivity contribution in [3.8, 4) is 17.2 Å². The molecule has 0 saturated carbocycles. The van der Waals surface area contributed by atoms with Crippen LogP contribution >= 0.6 is 11.3 Å². The van der Waals surface area contributed by atoms with Gasteiger partial charge in [-0.2, -0.15) is 0 Å². The molecule has 9 heteroatoms. The van der Waals surface area contributed by atoms with Gasteiger partial charge < -0.3 is 24.4 Å². The number of benzene rings is 2. The van der Waals surface area contributed by atoms with Gasteiger partial charge >= 0.3 is 0 Å². The van der Waals surface area contributed by atoms with E-state index in [9.17, 15) is 9.59 Å². The van der Waals surface area contributed by atoms with Crippen LogP contribution < -0.4 is 19.5 Å². The molecule has 0 radical (unpaired) electrons. The summed E-state index contributed by atoms with van der Waals surface area (Å²) in [5, 5.41) is 5.65. The summed E-state index contributed by atoms with van der Waals surface area (Å²) in [7, 11) is 0. The zero-order valence-electron chi connectivity index (χ0n) is 21.0. The lowest BCUT2D eigenvalue weighted by Crippen LogP contribution is -2.40. The van der Waals surface area contributed by atoms with Gasteiger partial charge in [-0.15, -0.1) is 11.3 Å². The number of nitrogens with one attached hydrogen (secondary N) is 1. The molecule has 1 atom stereocenters. The molecule has 3 aromatic rings. The number of fused-ring (bicyclic) bond motifs is 1. The van der Waals surface area contributed by atoms with Gasteiger partial charge in [-0.25, -0.2) is 4.98 Å². The van der Waals surface area contributed by atoms with E-state index < -0.39 is 0 Å². The van der Waals surface area contributed by atoms with Gasteiger partial charge in [0.05, 0.1) is 17.7 Å². The fourth-order valence-electron chi connectivity index (χ4n) is 4.50. The Balaban J connectivity index is 1.10. The molecule has 1 unspecified atom stereocenters. The number of thiazole rings is 1. The standard InChI is InChI=1S/C28H31N3O5S/c1-18(2)35-21-9-7-20(8-10-21)28(33)31-13-11-19(12-14-31)27-30-23(17-37-27)26(32)29-15-22-16-34-24-5-3-4-6-25(24)36-22/h3-10,17-19,22H,11-16H2,1-2H3,(H,29,32). The molecule has 2 aliphatic rings. The minimum atomic E-state index is -0.252. The van der Waals surface area contributed by atoms with Crippen molar-refractivity contribution in [2.24, 2.45) is 0 Å². The van der Waals surface area contributed by atoms with Crippen LogP contribution in [0.2, 0.25) is 0 Å². The molecule has 1 aromatic heterocycles. The highest BCUT2D eigenvalue weighted by molar-refractivity contribution is 7.09. The Morgan fingerprint density at radius 2 is 1.84 bits per heavy atom. The Morgan fingerprint density at radius 3 is 2.57 bits per heavy atom. The number of ether oxygens (including phenoxy) is 3. The number of nitrogens with zero attached hydrogens (tertiary/aromatic N) is 2. The Labute approximate surface area is 220 Å². The highest BCUT2D eigenvalue weighted by atomic mass is 32.1. The van der Waals surface area contributed by atoms with E-state index in [0.717, 1.165) is 29.3 Å². The first-order chi connectivity index (χ1) is 18.0. The molecule has 0 aliphatic carbocycles. The summed E-state index contributed by atoms with van der Waals surface area (Å²) in [5.74, 6) is 2.22. The molecular formula is C28H31N3O5S. The Kier molecular flexibility index (Phi) is 7.60. The lowest BCUT2D eigenvalue weighted by atomic mass is 9.97. The van der Waals surface area contributed by atoms with Gasteiger partial charge in [0.2, 0.25) is 0 Å². The second-order valence-electron chi connectivity index (χ2n) is 9.54. The predicted molar refractivity (Wildman–Crippen MR) is 141 cm³/mol. The first-order valence-corrected chi connectivity index (χ1v) is 13.5. The van der Waals surface area contributed by atoms with Gasteiger partial charge in [-0.1, -0.05) is 12.1 Å². The zero-order valence-corrected chi connectivity index (χ0v) is 21.8. The third-order valence-corrected chi connectivity index (χ3v) is 7.42. The normalized spacial score (nSPS) is 17.5. The number of aromatic nitrogens is 1. The molecule has 2 aliphatic heterocycles. The Hall–Kier alpha value is -3.59. The number of piperidine rings is 1. The zero-order chi connectivity index (χ0) is 25.8. The number of likely N-dealkylation sites (tertiary alicyclic amines) is 1. The van der Waals surface area contributed by atoms with Crippen molar-refractivity contribution in [2.75, 3.05) is 26.2 Å². The van der Waals surface area contributed by atoms with E-state index in [1.807, 2.05) is 67.3 Å². The largest absolute Gasteiger partial charge is 0.491 e. The predicted octanol–water partition coefficient (Wildman–Crippen LogP) is 4.52. The molecule has 2 aromatic carbocycles. The Morgan fingerprint density at radius 1 is 1.11 bits per heavy atom. The minimum absolute atomic E-state index is 0.0327. The smallest absolute Gasteiger partial charge is 0.270 e. The molecule has 1 saturated heterocycles. The topological polar surface area (TPSA) is 90.0 Å². The van der Waals surface area contributed by atoms with Crippen molar-refractivity contribution in [2.45, 2.75) is 44.8 Å². The fourth-order valence-corrected chi connectivity index (χ4v) is 5.47. The molecular weight excluding hydrogens is 490 g/mol. The second kappa shape index (κ2) is 11.2. The van der Waals surface area contributed by atoms with Crippen LogP contribution in [0.5, 0.6) is 17.2 Å². The average molecular weight is 522 g/mol. The van der Waals surface area contributed by atoms with Gasteiger partial charge in [0.25, 0.3) is 11.8 Å². The monoisotopic (exact) mass is 521 g/mol. The molecule has 5 rings (SSSR count). The molecule has 0 spiro atoms. The minimum Gasteiger partial charge on any atom is -0.491 e. The number of carbonyl (C=O) groups is 2. The first-order valence-electron chi connectivity index (χ1n) is 12.6. The maximum atomic E-state index is 12.9. The average Bonchev–Trinajstić information content (AvgIpc) is 3.42. The van der Waals surface area contributed by atoms with Crippen molar-refractivity contribution >= 4 is 23.2 Å².